The lowest BCUT2D eigenvalue weighted by Gasteiger charge is -2.28. The van der Waals surface area contributed by atoms with Gasteiger partial charge in [0.15, 0.2) is 0 Å². The Hall–Kier alpha value is -2.48. The van der Waals surface area contributed by atoms with Crippen molar-refractivity contribution in [1.29, 1.82) is 0 Å². The van der Waals surface area contributed by atoms with Gasteiger partial charge >= 0.3 is 0 Å². The molecule has 2 rings (SSSR count). The molecule has 0 amide bonds. The molecule has 2 heteroatoms. The average molecular weight is 362 g/mol. The molecule has 1 aromatic rings. The van der Waals surface area contributed by atoms with Gasteiger partial charge in [0.05, 0.1) is 0 Å². The Kier molecular flexibility index (Phi) is 8.19. The molecule has 0 N–H and O–H groups in total. The molecule has 0 spiro atoms. The topological polar surface area (TPSA) is 29.4 Å². The minimum Gasteiger partial charge on any atom is -0.303 e. The van der Waals surface area contributed by atoms with E-state index in [1.807, 2.05) is 18.4 Å². The van der Waals surface area contributed by atoms with Crippen molar-refractivity contribution in [3.8, 4) is 0 Å². The Morgan fingerprint density at radius 3 is 2.85 bits per heavy atom. The SMILES string of the molecule is C=C(/C=C\CC=O)C1=C(CCC)C(c2cccc(C)c2C=NCC)CC=C1. The van der Waals surface area contributed by atoms with Crippen molar-refractivity contribution in [1.82, 2.24) is 0 Å². The summed E-state index contributed by atoms with van der Waals surface area (Å²) >= 11 is 0. The summed E-state index contributed by atoms with van der Waals surface area (Å²) in [5.74, 6) is 0.347. The van der Waals surface area contributed by atoms with Crippen LogP contribution in [0.15, 0.2) is 70.8 Å². The number of hydrogen-bond donors (Lipinski definition) is 0. The van der Waals surface area contributed by atoms with Crippen LogP contribution in [0, 0.1) is 6.92 Å². The maximum Gasteiger partial charge on any atom is 0.123 e. The van der Waals surface area contributed by atoms with Gasteiger partial charge in [-0.15, -0.1) is 0 Å². The second-order valence-electron chi connectivity index (χ2n) is 6.92. The van der Waals surface area contributed by atoms with Gasteiger partial charge in [0.25, 0.3) is 0 Å². The zero-order chi connectivity index (χ0) is 19.6. The summed E-state index contributed by atoms with van der Waals surface area (Å²) in [6.07, 6.45) is 14.8. The molecule has 0 fully saturated rings. The van der Waals surface area contributed by atoms with Gasteiger partial charge in [-0.2, -0.15) is 0 Å². The minimum atomic E-state index is 0.347. The van der Waals surface area contributed by atoms with Gasteiger partial charge in [0, 0.05) is 25.1 Å². The number of rotatable bonds is 9. The quantitative estimate of drug-likeness (QED) is 0.289. The molecule has 0 aromatic heterocycles. The molecule has 0 heterocycles. The summed E-state index contributed by atoms with van der Waals surface area (Å²) in [4.78, 5) is 15.1. The van der Waals surface area contributed by atoms with Gasteiger partial charge in [-0.25, -0.2) is 0 Å². The van der Waals surface area contributed by atoms with Gasteiger partial charge in [-0.1, -0.05) is 68.0 Å². The fourth-order valence-corrected chi connectivity index (χ4v) is 3.69. The third-order valence-electron chi connectivity index (χ3n) is 4.98. The zero-order valence-corrected chi connectivity index (χ0v) is 16.9. The second kappa shape index (κ2) is 10.6. The van der Waals surface area contributed by atoms with Gasteiger partial charge < -0.3 is 4.79 Å². The molecule has 1 aromatic carbocycles. The third kappa shape index (κ3) is 5.26. The maximum atomic E-state index is 10.6. The monoisotopic (exact) mass is 361 g/mol. The van der Waals surface area contributed by atoms with Crippen molar-refractivity contribution < 1.29 is 4.79 Å². The number of carbonyl (C=O) groups is 1. The first kappa shape index (κ1) is 20.8. The summed E-state index contributed by atoms with van der Waals surface area (Å²) in [5, 5.41) is 0. The zero-order valence-electron chi connectivity index (χ0n) is 16.9. The fraction of sp³-hybridized carbons (Fsp3) is 0.360. The molecule has 1 aliphatic carbocycles. The Morgan fingerprint density at radius 1 is 1.33 bits per heavy atom. The van der Waals surface area contributed by atoms with Crippen LogP contribution in [0.2, 0.25) is 0 Å². The average Bonchev–Trinajstić information content (AvgIpc) is 2.67. The highest BCUT2D eigenvalue weighted by molar-refractivity contribution is 5.84. The fourth-order valence-electron chi connectivity index (χ4n) is 3.69. The number of hydrogen-bond acceptors (Lipinski definition) is 2. The van der Waals surface area contributed by atoms with Crippen LogP contribution >= 0.6 is 0 Å². The Labute approximate surface area is 164 Å². The number of carbonyl (C=O) groups excluding carboxylic acids is 1. The molecular formula is C25H31NO. The van der Waals surface area contributed by atoms with Gasteiger partial charge in [-0.3, -0.25) is 4.99 Å². The lowest BCUT2D eigenvalue weighted by atomic mass is 9.76. The molecule has 142 valence electrons. The summed E-state index contributed by atoms with van der Waals surface area (Å²) in [5.41, 5.74) is 7.50. The van der Waals surface area contributed by atoms with Crippen molar-refractivity contribution >= 4 is 12.5 Å². The third-order valence-corrected chi connectivity index (χ3v) is 4.98. The normalized spacial score (nSPS) is 17.2. The van der Waals surface area contributed by atoms with E-state index in [2.05, 4.69) is 62.7 Å². The van der Waals surface area contributed by atoms with E-state index >= 15 is 0 Å². The molecule has 0 aliphatic heterocycles. The van der Waals surface area contributed by atoms with Gasteiger partial charge in [0.1, 0.15) is 6.29 Å². The van der Waals surface area contributed by atoms with Crippen LogP contribution in [0.25, 0.3) is 0 Å². The van der Waals surface area contributed by atoms with Crippen LogP contribution in [0.5, 0.6) is 0 Å². The number of aliphatic imine (C=N–C) groups is 1. The van der Waals surface area contributed by atoms with E-state index < -0.39 is 0 Å². The number of allylic oxidation sites excluding steroid dienone is 7. The van der Waals surface area contributed by atoms with Crippen molar-refractivity contribution in [2.24, 2.45) is 4.99 Å². The summed E-state index contributed by atoms with van der Waals surface area (Å²) in [6, 6.07) is 6.55. The smallest absolute Gasteiger partial charge is 0.123 e. The summed E-state index contributed by atoms with van der Waals surface area (Å²) < 4.78 is 0. The van der Waals surface area contributed by atoms with Crippen LogP contribution in [0.1, 0.15) is 62.1 Å². The minimum absolute atomic E-state index is 0.347. The first-order chi connectivity index (χ1) is 13.1. The molecule has 1 aliphatic rings. The molecule has 0 radical (unpaired) electrons. The summed E-state index contributed by atoms with van der Waals surface area (Å²) in [6.45, 7) is 11.5. The number of nitrogens with zero attached hydrogens (tertiary/aromatic N) is 1. The highest BCUT2D eigenvalue weighted by Gasteiger charge is 2.24. The molecule has 2 nitrogen and oxygen atoms in total. The van der Waals surface area contributed by atoms with E-state index in [-0.39, 0.29) is 0 Å². The van der Waals surface area contributed by atoms with Crippen LogP contribution < -0.4 is 0 Å². The lowest BCUT2D eigenvalue weighted by Crippen LogP contribution is -2.12. The van der Waals surface area contributed by atoms with Crippen molar-refractivity contribution in [2.45, 2.75) is 52.4 Å². The first-order valence-electron chi connectivity index (χ1n) is 9.92. The van der Waals surface area contributed by atoms with Gasteiger partial charge in [-0.05, 0) is 54.5 Å². The second-order valence-corrected chi connectivity index (χ2v) is 6.92. The molecule has 1 atom stereocenters. The highest BCUT2D eigenvalue weighted by atomic mass is 16.1. The van der Waals surface area contributed by atoms with Crippen LogP contribution in [-0.2, 0) is 4.79 Å². The molecule has 0 saturated heterocycles. The predicted octanol–water partition coefficient (Wildman–Crippen LogP) is 6.28. The van der Waals surface area contributed by atoms with Crippen LogP contribution in [0.3, 0.4) is 0 Å². The van der Waals surface area contributed by atoms with E-state index in [0.29, 0.717) is 12.3 Å². The largest absolute Gasteiger partial charge is 0.303 e. The van der Waals surface area contributed by atoms with E-state index in [4.69, 9.17) is 0 Å². The molecule has 0 saturated carbocycles. The summed E-state index contributed by atoms with van der Waals surface area (Å²) in [7, 11) is 0. The van der Waals surface area contributed by atoms with Crippen molar-refractivity contribution in [3.05, 3.63) is 82.5 Å². The Morgan fingerprint density at radius 2 is 2.15 bits per heavy atom. The molecule has 1 unspecified atom stereocenters. The van der Waals surface area contributed by atoms with E-state index in [0.717, 1.165) is 37.7 Å². The standard InChI is InChI=1S/C25H31NO/c1-5-11-22-21(19(3)12-7-8-17-27)14-10-16-23(22)24-15-9-13-20(4)25(24)18-26-6-2/h7,9-10,12-15,17-18,23H,3,5-6,8,11,16H2,1-2,4H3/b12-7-,26-18?. The molecule has 0 bridgehead atoms. The van der Waals surface area contributed by atoms with E-state index in [9.17, 15) is 4.79 Å². The Balaban J connectivity index is 2.52. The van der Waals surface area contributed by atoms with Crippen LogP contribution in [-0.4, -0.2) is 19.0 Å². The first-order valence-corrected chi connectivity index (χ1v) is 9.92. The van der Waals surface area contributed by atoms with Crippen LogP contribution in [0.4, 0.5) is 0 Å². The molecule has 27 heavy (non-hydrogen) atoms. The Bertz CT molecular complexity index is 793. The van der Waals surface area contributed by atoms with Crippen molar-refractivity contribution in [2.75, 3.05) is 6.54 Å². The maximum absolute atomic E-state index is 10.6. The predicted molar refractivity (Wildman–Crippen MR) is 117 cm³/mol. The lowest BCUT2D eigenvalue weighted by molar-refractivity contribution is -0.107. The number of aryl methyl sites for hydroxylation is 1. The molecular weight excluding hydrogens is 330 g/mol. The van der Waals surface area contributed by atoms with Gasteiger partial charge in [0.2, 0.25) is 0 Å². The number of benzene rings is 1. The van der Waals surface area contributed by atoms with E-state index in [1.54, 1.807) is 0 Å². The number of aldehydes is 1. The van der Waals surface area contributed by atoms with Crippen molar-refractivity contribution in [3.63, 3.8) is 0 Å². The van der Waals surface area contributed by atoms with E-state index in [1.165, 1.54) is 27.8 Å². The highest BCUT2D eigenvalue weighted by Crippen LogP contribution is 2.40.